The van der Waals surface area contributed by atoms with Crippen molar-refractivity contribution in [3.63, 3.8) is 0 Å². The van der Waals surface area contributed by atoms with Crippen molar-refractivity contribution in [3.05, 3.63) is 29.3 Å². The summed E-state index contributed by atoms with van der Waals surface area (Å²) in [6, 6.07) is 5.68. The molecule has 0 aromatic heterocycles. The molecule has 1 aromatic rings. The highest BCUT2D eigenvalue weighted by atomic mass is 32.2. The molecule has 2 unspecified atom stereocenters. The summed E-state index contributed by atoms with van der Waals surface area (Å²) in [5.74, 6) is -0.847. The van der Waals surface area contributed by atoms with Crippen molar-refractivity contribution < 1.29 is 14.1 Å². The Bertz CT molecular complexity index is 478. The van der Waals surface area contributed by atoms with Crippen LogP contribution in [0.2, 0.25) is 0 Å². The topological polar surface area (TPSA) is 54.4 Å². The van der Waals surface area contributed by atoms with E-state index in [1.165, 1.54) is 0 Å². The molecule has 1 fully saturated rings. The summed E-state index contributed by atoms with van der Waals surface area (Å²) in [6.45, 7) is 3.80. The maximum Gasteiger partial charge on any atom is 0.319 e. The Balaban J connectivity index is 2.34. The van der Waals surface area contributed by atoms with Crippen LogP contribution in [0, 0.1) is 19.8 Å². The number of rotatable bonds is 4. The second-order valence-electron chi connectivity index (χ2n) is 4.66. The van der Waals surface area contributed by atoms with E-state index >= 15 is 0 Å². The van der Waals surface area contributed by atoms with Gasteiger partial charge in [-0.15, -0.1) is 0 Å². The monoisotopic (exact) mass is 252 g/mol. The molecular formula is C13H16O3S. The average Bonchev–Trinajstić information content (AvgIpc) is 3.05. The molecule has 0 radical (unpaired) electrons. The van der Waals surface area contributed by atoms with Crippen molar-refractivity contribution in [1.82, 2.24) is 0 Å². The van der Waals surface area contributed by atoms with Crippen molar-refractivity contribution in [2.45, 2.75) is 36.8 Å². The van der Waals surface area contributed by atoms with Gasteiger partial charge in [-0.05, 0) is 49.8 Å². The summed E-state index contributed by atoms with van der Waals surface area (Å²) in [5, 5.41) is 8.44. The molecule has 1 aromatic carbocycles. The van der Waals surface area contributed by atoms with Crippen LogP contribution in [0.5, 0.6) is 0 Å². The molecule has 0 amide bonds. The van der Waals surface area contributed by atoms with Crippen LogP contribution in [0.1, 0.15) is 24.0 Å². The number of aryl methyl sites for hydroxylation is 2. The van der Waals surface area contributed by atoms with E-state index in [9.17, 15) is 14.1 Å². The van der Waals surface area contributed by atoms with E-state index < -0.39 is 22.0 Å². The van der Waals surface area contributed by atoms with Gasteiger partial charge in [0, 0.05) is 4.90 Å². The van der Waals surface area contributed by atoms with Gasteiger partial charge in [-0.25, -0.2) is 0 Å². The maximum absolute atomic E-state index is 12.4. The molecule has 0 aliphatic heterocycles. The molecule has 92 valence electrons. The number of benzene rings is 1. The lowest BCUT2D eigenvalue weighted by Gasteiger charge is -2.13. The lowest BCUT2D eigenvalue weighted by Crippen LogP contribution is -2.28. The van der Waals surface area contributed by atoms with Crippen molar-refractivity contribution >= 4 is 16.8 Å². The lowest BCUT2D eigenvalue weighted by molar-refractivity contribution is -0.136. The standard InChI is InChI=1S/C13H16O3S/c1-8-3-4-9(2)11(7-8)17(16)12(13(14)15)10-5-6-10/h3-4,7,10,12H,5-6H2,1-2H3,(H,14,15). The molecule has 3 nitrogen and oxygen atoms in total. The Morgan fingerprint density at radius 3 is 2.59 bits per heavy atom. The van der Waals surface area contributed by atoms with Crippen LogP contribution < -0.4 is 0 Å². The summed E-state index contributed by atoms with van der Waals surface area (Å²) in [6.07, 6.45) is 1.77. The molecule has 1 aliphatic carbocycles. The second-order valence-corrected chi connectivity index (χ2v) is 6.21. The lowest BCUT2D eigenvalue weighted by atomic mass is 10.2. The smallest absolute Gasteiger partial charge is 0.319 e. The SMILES string of the molecule is Cc1ccc(C)c(S(=O)C(C(=O)O)C2CC2)c1. The summed E-state index contributed by atoms with van der Waals surface area (Å²) >= 11 is 0. The van der Waals surface area contributed by atoms with Crippen LogP contribution in [-0.4, -0.2) is 20.5 Å². The van der Waals surface area contributed by atoms with Crippen molar-refractivity contribution in [3.8, 4) is 0 Å². The Kier molecular flexibility index (Phi) is 3.33. The normalized spacial score (nSPS) is 18.7. The molecule has 2 atom stereocenters. The van der Waals surface area contributed by atoms with E-state index in [0.717, 1.165) is 24.0 Å². The molecule has 0 bridgehead atoms. The number of carboxylic acids is 1. The van der Waals surface area contributed by atoms with Gasteiger partial charge >= 0.3 is 5.97 Å². The fourth-order valence-corrected chi connectivity index (χ4v) is 3.69. The van der Waals surface area contributed by atoms with Gasteiger partial charge in [0.05, 0.1) is 10.8 Å². The van der Waals surface area contributed by atoms with E-state index in [1.807, 2.05) is 32.0 Å². The van der Waals surface area contributed by atoms with Gasteiger partial charge in [-0.2, -0.15) is 0 Å². The zero-order valence-electron chi connectivity index (χ0n) is 9.97. The molecular weight excluding hydrogens is 236 g/mol. The Morgan fingerprint density at radius 1 is 1.41 bits per heavy atom. The van der Waals surface area contributed by atoms with E-state index in [0.29, 0.717) is 4.90 Å². The molecule has 17 heavy (non-hydrogen) atoms. The average molecular weight is 252 g/mol. The molecule has 0 heterocycles. The van der Waals surface area contributed by atoms with Gasteiger partial charge in [0.2, 0.25) is 0 Å². The minimum Gasteiger partial charge on any atom is -0.480 e. The van der Waals surface area contributed by atoms with Crippen LogP contribution >= 0.6 is 0 Å². The highest BCUT2D eigenvalue weighted by Gasteiger charge is 2.41. The summed E-state index contributed by atoms with van der Waals surface area (Å²) in [7, 11) is -1.44. The molecule has 4 heteroatoms. The highest BCUT2D eigenvalue weighted by molar-refractivity contribution is 7.86. The first-order valence-electron chi connectivity index (χ1n) is 5.71. The molecule has 2 rings (SSSR count). The molecule has 1 saturated carbocycles. The predicted molar refractivity (Wildman–Crippen MR) is 66.5 cm³/mol. The predicted octanol–water partition coefficient (Wildman–Crippen LogP) is 2.27. The van der Waals surface area contributed by atoms with Crippen LogP contribution in [0.3, 0.4) is 0 Å². The number of carbonyl (C=O) groups is 1. The van der Waals surface area contributed by atoms with Gasteiger partial charge in [0.15, 0.2) is 0 Å². The van der Waals surface area contributed by atoms with E-state index in [-0.39, 0.29) is 5.92 Å². The van der Waals surface area contributed by atoms with Crippen molar-refractivity contribution in [2.24, 2.45) is 5.92 Å². The van der Waals surface area contributed by atoms with Gasteiger partial charge in [-0.3, -0.25) is 9.00 Å². The molecule has 1 aliphatic rings. The van der Waals surface area contributed by atoms with Gasteiger partial charge in [0.25, 0.3) is 0 Å². The van der Waals surface area contributed by atoms with Gasteiger partial charge < -0.3 is 5.11 Å². The fraction of sp³-hybridized carbons (Fsp3) is 0.462. The number of aliphatic carboxylic acids is 1. The quantitative estimate of drug-likeness (QED) is 0.894. The Hall–Kier alpha value is -1.16. The maximum atomic E-state index is 12.4. The zero-order valence-corrected chi connectivity index (χ0v) is 10.8. The van der Waals surface area contributed by atoms with Gasteiger partial charge in [-0.1, -0.05) is 12.1 Å². The number of hydrogen-bond acceptors (Lipinski definition) is 2. The van der Waals surface area contributed by atoms with Crippen molar-refractivity contribution in [1.29, 1.82) is 0 Å². The van der Waals surface area contributed by atoms with Crippen LogP contribution in [0.25, 0.3) is 0 Å². The fourth-order valence-electron chi connectivity index (χ4n) is 1.93. The molecule has 1 N–H and O–H groups in total. The minimum atomic E-state index is -1.44. The highest BCUT2D eigenvalue weighted by Crippen LogP contribution is 2.37. The molecule has 0 saturated heterocycles. The third-order valence-corrected chi connectivity index (χ3v) is 5.01. The van der Waals surface area contributed by atoms with E-state index in [4.69, 9.17) is 0 Å². The zero-order chi connectivity index (χ0) is 12.6. The summed E-state index contributed by atoms with van der Waals surface area (Å²) in [4.78, 5) is 11.9. The number of hydrogen-bond donors (Lipinski definition) is 1. The van der Waals surface area contributed by atoms with Crippen LogP contribution in [0.15, 0.2) is 23.1 Å². The first-order valence-corrected chi connectivity index (χ1v) is 6.92. The third-order valence-electron chi connectivity index (χ3n) is 3.08. The number of carboxylic acid groups (broad SMARTS) is 1. The summed E-state index contributed by atoms with van der Waals surface area (Å²) in [5.41, 5.74) is 1.92. The van der Waals surface area contributed by atoms with E-state index in [2.05, 4.69) is 0 Å². The summed E-state index contributed by atoms with van der Waals surface area (Å²) < 4.78 is 12.4. The Morgan fingerprint density at radius 2 is 2.06 bits per heavy atom. The second kappa shape index (κ2) is 4.61. The van der Waals surface area contributed by atoms with Crippen molar-refractivity contribution in [2.75, 3.05) is 0 Å². The van der Waals surface area contributed by atoms with Crippen LogP contribution in [0.4, 0.5) is 0 Å². The largest absolute Gasteiger partial charge is 0.480 e. The molecule has 0 spiro atoms. The van der Waals surface area contributed by atoms with E-state index in [1.54, 1.807) is 0 Å². The third kappa shape index (κ3) is 2.57. The first kappa shape index (κ1) is 12.3. The van der Waals surface area contributed by atoms with Gasteiger partial charge in [0.1, 0.15) is 5.25 Å². The van der Waals surface area contributed by atoms with Crippen LogP contribution in [-0.2, 0) is 15.6 Å². The Labute approximate surface area is 103 Å². The minimum absolute atomic E-state index is 0.0910. The first-order chi connectivity index (χ1) is 8.00.